The van der Waals surface area contributed by atoms with Crippen LogP contribution in [0, 0.1) is 0 Å². The van der Waals surface area contributed by atoms with E-state index in [-0.39, 0.29) is 18.2 Å². The predicted molar refractivity (Wildman–Crippen MR) is 112 cm³/mol. The van der Waals surface area contributed by atoms with Crippen molar-refractivity contribution in [3.05, 3.63) is 52.2 Å². The number of hydrogen-bond donors (Lipinski definition) is 3. The highest BCUT2D eigenvalue weighted by Crippen LogP contribution is 2.22. The van der Waals surface area contributed by atoms with Crippen molar-refractivity contribution in [1.29, 1.82) is 0 Å². The standard InChI is InChI=1S/C20H24N2O3S2/c1-26-17-8-6-15(7-9-17)13-18(16-10-12-27-14-16)20(24)21-11-4-2-3-5-19(23)22-25/h6-10,12-14,25H,2-5,11H2,1H3,(H,21,24)(H,22,23)/b18-13+. The number of unbranched alkanes of at least 4 members (excludes halogenated alkanes) is 2. The van der Waals surface area contributed by atoms with E-state index in [2.05, 4.69) is 5.32 Å². The summed E-state index contributed by atoms with van der Waals surface area (Å²) in [5, 5.41) is 15.3. The summed E-state index contributed by atoms with van der Waals surface area (Å²) in [6.07, 6.45) is 6.50. The highest BCUT2D eigenvalue weighted by atomic mass is 32.2. The van der Waals surface area contributed by atoms with Crippen molar-refractivity contribution < 1.29 is 14.8 Å². The fourth-order valence-electron chi connectivity index (χ4n) is 2.50. The van der Waals surface area contributed by atoms with Crippen LogP contribution in [0.25, 0.3) is 11.6 Å². The lowest BCUT2D eigenvalue weighted by molar-refractivity contribution is -0.129. The summed E-state index contributed by atoms with van der Waals surface area (Å²) >= 11 is 3.24. The van der Waals surface area contributed by atoms with Gasteiger partial charge in [-0.3, -0.25) is 14.8 Å². The second-order valence-corrected chi connectivity index (χ2v) is 7.60. The number of amides is 2. The van der Waals surface area contributed by atoms with Gasteiger partial charge in [-0.25, -0.2) is 5.48 Å². The topological polar surface area (TPSA) is 78.4 Å². The smallest absolute Gasteiger partial charge is 0.251 e. The van der Waals surface area contributed by atoms with Crippen LogP contribution in [0.15, 0.2) is 46.0 Å². The first kappa shape index (κ1) is 21.2. The molecule has 144 valence electrons. The van der Waals surface area contributed by atoms with Crippen LogP contribution < -0.4 is 10.8 Å². The van der Waals surface area contributed by atoms with Gasteiger partial charge in [0.05, 0.1) is 0 Å². The Labute approximate surface area is 167 Å². The predicted octanol–water partition coefficient (Wildman–Crippen LogP) is 4.19. The van der Waals surface area contributed by atoms with Crippen molar-refractivity contribution in [1.82, 2.24) is 10.8 Å². The molecule has 2 amide bonds. The van der Waals surface area contributed by atoms with Crippen LogP contribution in [0.3, 0.4) is 0 Å². The van der Waals surface area contributed by atoms with Gasteiger partial charge in [-0.1, -0.05) is 18.6 Å². The average Bonchev–Trinajstić information content (AvgIpc) is 3.23. The first-order chi connectivity index (χ1) is 13.1. The van der Waals surface area contributed by atoms with Gasteiger partial charge >= 0.3 is 0 Å². The Morgan fingerprint density at radius 2 is 1.93 bits per heavy atom. The molecule has 0 fully saturated rings. The van der Waals surface area contributed by atoms with Gasteiger partial charge in [-0.15, -0.1) is 11.8 Å². The molecular formula is C20H24N2O3S2. The molecule has 5 nitrogen and oxygen atoms in total. The van der Waals surface area contributed by atoms with Gasteiger partial charge in [0.2, 0.25) is 5.91 Å². The molecule has 3 N–H and O–H groups in total. The molecule has 2 aromatic rings. The zero-order valence-electron chi connectivity index (χ0n) is 15.2. The van der Waals surface area contributed by atoms with E-state index in [0.29, 0.717) is 18.5 Å². The quantitative estimate of drug-likeness (QED) is 0.182. The van der Waals surface area contributed by atoms with Crippen molar-refractivity contribution in [2.75, 3.05) is 12.8 Å². The first-order valence-electron chi connectivity index (χ1n) is 8.73. The largest absolute Gasteiger partial charge is 0.352 e. The molecule has 0 saturated heterocycles. The summed E-state index contributed by atoms with van der Waals surface area (Å²) in [7, 11) is 0. The zero-order chi connectivity index (χ0) is 19.5. The fourth-order valence-corrected chi connectivity index (χ4v) is 3.57. The van der Waals surface area contributed by atoms with Crippen molar-refractivity contribution in [2.24, 2.45) is 0 Å². The highest BCUT2D eigenvalue weighted by Gasteiger charge is 2.12. The number of carbonyl (C=O) groups excluding carboxylic acids is 2. The third-order valence-corrected chi connectivity index (χ3v) is 5.42. The third kappa shape index (κ3) is 7.21. The lowest BCUT2D eigenvalue weighted by Gasteiger charge is -2.09. The summed E-state index contributed by atoms with van der Waals surface area (Å²) in [5.41, 5.74) is 4.16. The van der Waals surface area contributed by atoms with Crippen molar-refractivity contribution in [3.63, 3.8) is 0 Å². The van der Waals surface area contributed by atoms with E-state index < -0.39 is 0 Å². The number of hydroxylamine groups is 1. The fraction of sp³-hybridized carbons (Fsp3) is 0.300. The molecular weight excluding hydrogens is 380 g/mol. The summed E-state index contributed by atoms with van der Waals surface area (Å²) in [6, 6.07) is 10.1. The number of thioether (sulfide) groups is 1. The van der Waals surface area contributed by atoms with E-state index in [1.54, 1.807) is 28.6 Å². The van der Waals surface area contributed by atoms with Crippen molar-refractivity contribution in [3.8, 4) is 0 Å². The Hall–Kier alpha value is -2.09. The minimum atomic E-state index is -0.380. The maximum absolute atomic E-state index is 12.7. The molecule has 0 unspecified atom stereocenters. The van der Waals surface area contributed by atoms with Gasteiger partial charge in [-0.2, -0.15) is 11.3 Å². The number of thiophene rings is 1. The maximum atomic E-state index is 12.7. The van der Waals surface area contributed by atoms with E-state index in [1.165, 1.54) is 4.90 Å². The van der Waals surface area contributed by atoms with Crippen LogP contribution in [0.4, 0.5) is 0 Å². The van der Waals surface area contributed by atoms with E-state index in [4.69, 9.17) is 5.21 Å². The Kier molecular flexibility index (Phi) is 9.10. The van der Waals surface area contributed by atoms with E-state index in [1.807, 2.05) is 53.4 Å². The first-order valence-corrected chi connectivity index (χ1v) is 10.9. The summed E-state index contributed by atoms with van der Waals surface area (Å²) in [6.45, 7) is 0.548. The normalized spacial score (nSPS) is 11.3. The van der Waals surface area contributed by atoms with E-state index >= 15 is 0 Å². The van der Waals surface area contributed by atoms with Crippen LogP contribution in [0.5, 0.6) is 0 Å². The molecule has 2 rings (SSSR count). The van der Waals surface area contributed by atoms with Gasteiger partial charge in [0, 0.05) is 23.4 Å². The molecule has 0 atom stereocenters. The molecule has 1 aromatic carbocycles. The average molecular weight is 405 g/mol. The van der Waals surface area contributed by atoms with Gasteiger partial charge in [0.25, 0.3) is 5.91 Å². The van der Waals surface area contributed by atoms with Crippen LogP contribution >= 0.6 is 23.1 Å². The van der Waals surface area contributed by atoms with Crippen molar-refractivity contribution >= 4 is 46.6 Å². The molecule has 0 aliphatic heterocycles. The van der Waals surface area contributed by atoms with Gasteiger partial charge in [0.1, 0.15) is 0 Å². The van der Waals surface area contributed by atoms with Gasteiger partial charge in [0.15, 0.2) is 0 Å². The number of carbonyl (C=O) groups is 2. The van der Waals surface area contributed by atoms with Crippen molar-refractivity contribution in [2.45, 2.75) is 30.6 Å². The third-order valence-electron chi connectivity index (χ3n) is 3.99. The molecule has 0 bridgehead atoms. The molecule has 27 heavy (non-hydrogen) atoms. The van der Waals surface area contributed by atoms with Crippen LogP contribution in [-0.4, -0.2) is 29.8 Å². The lowest BCUT2D eigenvalue weighted by Crippen LogP contribution is -2.25. The Bertz CT molecular complexity index is 756. The molecule has 1 heterocycles. The van der Waals surface area contributed by atoms with Gasteiger partial charge in [-0.05, 0) is 65.3 Å². The van der Waals surface area contributed by atoms with E-state index in [9.17, 15) is 9.59 Å². The number of hydrogen-bond acceptors (Lipinski definition) is 5. The molecule has 0 aliphatic rings. The summed E-state index contributed by atoms with van der Waals surface area (Å²) in [4.78, 5) is 24.8. The molecule has 0 spiro atoms. The van der Waals surface area contributed by atoms with Crippen LogP contribution in [0.1, 0.15) is 36.8 Å². The minimum absolute atomic E-state index is 0.101. The maximum Gasteiger partial charge on any atom is 0.251 e. The number of benzene rings is 1. The van der Waals surface area contributed by atoms with Crippen LogP contribution in [-0.2, 0) is 9.59 Å². The molecule has 1 aromatic heterocycles. The molecule has 0 radical (unpaired) electrons. The number of rotatable bonds is 10. The minimum Gasteiger partial charge on any atom is -0.352 e. The summed E-state index contributed by atoms with van der Waals surface area (Å²) < 4.78 is 0. The number of nitrogens with one attached hydrogen (secondary N) is 2. The Morgan fingerprint density at radius 1 is 1.15 bits per heavy atom. The van der Waals surface area contributed by atoms with Gasteiger partial charge < -0.3 is 5.32 Å². The lowest BCUT2D eigenvalue weighted by atomic mass is 10.0. The zero-order valence-corrected chi connectivity index (χ0v) is 16.9. The molecule has 0 aliphatic carbocycles. The Balaban J connectivity index is 1.94. The second-order valence-electron chi connectivity index (χ2n) is 5.94. The monoisotopic (exact) mass is 404 g/mol. The second kappa shape index (κ2) is 11.6. The molecule has 0 saturated carbocycles. The summed E-state index contributed by atoms with van der Waals surface area (Å²) in [5.74, 6) is -0.482. The molecule has 7 heteroatoms. The SMILES string of the molecule is CSc1ccc(/C=C(/C(=O)NCCCCCC(=O)NO)c2ccsc2)cc1. The van der Waals surface area contributed by atoms with Crippen LogP contribution in [0.2, 0.25) is 0 Å². The van der Waals surface area contributed by atoms with E-state index in [0.717, 1.165) is 24.0 Å². The Morgan fingerprint density at radius 3 is 2.56 bits per heavy atom. The highest BCUT2D eigenvalue weighted by molar-refractivity contribution is 7.98.